The van der Waals surface area contributed by atoms with E-state index < -0.39 is 0 Å². The zero-order valence-corrected chi connectivity index (χ0v) is 16.5. The molecule has 2 aromatic rings. The zero-order chi connectivity index (χ0) is 14.2. The molecule has 7 heteroatoms. The van der Waals surface area contributed by atoms with Crippen LogP contribution in [0.2, 0.25) is 0 Å². The molecule has 0 unspecified atom stereocenters. The van der Waals surface area contributed by atoms with Crippen molar-refractivity contribution in [3.8, 4) is 0 Å². The first-order valence-electron chi connectivity index (χ1n) is 5.05. The van der Waals surface area contributed by atoms with Gasteiger partial charge in [-0.15, -0.1) is 0 Å². The van der Waals surface area contributed by atoms with Crippen LogP contribution in [0.5, 0.6) is 0 Å². The van der Waals surface area contributed by atoms with Gasteiger partial charge in [0.1, 0.15) is 0 Å². The lowest BCUT2D eigenvalue weighted by Crippen LogP contribution is -1.90. The molecule has 0 spiro atoms. The van der Waals surface area contributed by atoms with Crippen molar-refractivity contribution in [1.29, 1.82) is 0 Å². The van der Waals surface area contributed by atoms with E-state index in [4.69, 9.17) is 11.5 Å². The van der Waals surface area contributed by atoms with Gasteiger partial charge in [-0.3, -0.25) is 0 Å². The summed E-state index contributed by atoms with van der Waals surface area (Å²) in [5.74, 6) is 0. The highest BCUT2D eigenvalue weighted by molar-refractivity contribution is 9.11. The third-order valence-corrected chi connectivity index (χ3v) is 5.91. The van der Waals surface area contributed by atoms with Gasteiger partial charge in [0.05, 0.1) is 11.4 Å². The molecule has 4 N–H and O–H groups in total. The van der Waals surface area contributed by atoms with E-state index in [1.807, 2.05) is 24.3 Å². The van der Waals surface area contributed by atoms with E-state index in [1.54, 1.807) is 11.8 Å². The van der Waals surface area contributed by atoms with Crippen LogP contribution in [-0.4, -0.2) is 0 Å². The standard InChI is InChI=1S/C12H8Br4N2S/c13-7-1-5(2-8(14)11(7)17)19-6-3-9(15)12(18)10(16)4-6/h1-4H,17-18H2. The van der Waals surface area contributed by atoms with Crippen LogP contribution in [0.15, 0.2) is 51.9 Å². The number of nitrogens with two attached hydrogens (primary N) is 2. The number of hydrogen-bond donors (Lipinski definition) is 2. The molecule has 0 fully saturated rings. The molecule has 2 rings (SSSR count). The van der Waals surface area contributed by atoms with Gasteiger partial charge in [-0.2, -0.15) is 0 Å². The van der Waals surface area contributed by atoms with E-state index >= 15 is 0 Å². The second kappa shape index (κ2) is 6.39. The number of anilines is 2. The van der Waals surface area contributed by atoms with E-state index in [1.165, 1.54) is 0 Å². The average molecular weight is 532 g/mol. The van der Waals surface area contributed by atoms with E-state index in [9.17, 15) is 0 Å². The molecular weight excluding hydrogens is 524 g/mol. The molecule has 0 radical (unpaired) electrons. The smallest absolute Gasteiger partial charge is 0.0603 e. The predicted octanol–water partition coefficient (Wildman–Crippen LogP) is 6.05. The fourth-order valence-electron chi connectivity index (χ4n) is 1.38. The fourth-order valence-corrected chi connectivity index (χ4v) is 5.33. The maximum absolute atomic E-state index is 5.88. The molecule has 0 bridgehead atoms. The van der Waals surface area contributed by atoms with Crippen LogP contribution >= 0.6 is 75.5 Å². The van der Waals surface area contributed by atoms with Gasteiger partial charge in [0.2, 0.25) is 0 Å². The lowest BCUT2D eigenvalue weighted by atomic mass is 10.3. The van der Waals surface area contributed by atoms with Gasteiger partial charge in [0, 0.05) is 27.7 Å². The summed E-state index contributed by atoms with van der Waals surface area (Å²) in [5, 5.41) is 0. The second-order valence-corrected chi connectivity index (χ2v) is 8.27. The van der Waals surface area contributed by atoms with Crippen molar-refractivity contribution in [3.05, 3.63) is 42.2 Å². The molecule has 0 heterocycles. The Bertz CT molecular complexity index is 544. The molecule has 0 atom stereocenters. The van der Waals surface area contributed by atoms with Crippen molar-refractivity contribution in [2.24, 2.45) is 0 Å². The number of nitrogen functional groups attached to an aromatic ring is 2. The Hall–Kier alpha value is 0.310. The highest BCUT2D eigenvalue weighted by Crippen LogP contribution is 2.39. The van der Waals surface area contributed by atoms with Crippen LogP contribution in [0.4, 0.5) is 11.4 Å². The summed E-state index contributed by atoms with van der Waals surface area (Å²) >= 11 is 15.4. The van der Waals surface area contributed by atoms with E-state index in [2.05, 4.69) is 63.7 Å². The maximum atomic E-state index is 5.88. The summed E-state index contributed by atoms with van der Waals surface area (Å²) < 4.78 is 3.49. The summed E-state index contributed by atoms with van der Waals surface area (Å²) in [7, 11) is 0. The van der Waals surface area contributed by atoms with Crippen LogP contribution in [-0.2, 0) is 0 Å². The molecule has 2 nitrogen and oxygen atoms in total. The number of rotatable bonds is 2. The normalized spacial score (nSPS) is 10.7. The number of benzene rings is 2. The molecule has 0 saturated carbocycles. The lowest BCUT2D eigenvalue weighted by molar-refractivity contribution is 1.36. The van der Waals surface area contributed by atoms with Crippen molar-refractivity contribution in [2.45, 2.75) is 9.79 Å². The van der Waals surface area contributed by atoms with E-state index in [0.29, 0.717) is 11.4 Å². The molecule has 0 aliphatic heterocycles. The SMILES string of the molecule is Nc1c(Br)cc(Sc2cc(Br)c(N)c(Br)c2)cc1Br. The van der Waals surface area contributed by atoms with Crippen molar-refractivity contribution >= 4 is 86.9 Å². The van der Waals surface area contributed by atoms with Crippen LogP contribution in [0.25, 0.3) is 0 Å². The van der Waals surface area contributed by atoms with Crippen LogP contribution in [0.1, 0.15) is 0 Å². The summed E-state index contributed by atoms with van der Waals surface area (Å²) in [5.41, 5.74) is 13.2. The summed E-state index contributed by atoms with van der Waals surface area (Å²) in [6, 6.07) is 7.96. The highest BCUT2D eigenvalue weighted by atomic mass is 79.9. The van der Waals surface area contributed by atoms with Crippen molar-refractivity contribution < 1.29 is 0 Å². The molecule has 0 aromatic heterocycles. The Kier molecular flexibility index (Phi) is 5.28. The first kappa shape index (κ1) is 15.7. The summed E-state index contributed by atoms with van der Waals surface area (Å²) in [6.07, 6.45) is 0. The number of hydrogen-bond acceptors (Lipinski definition) is 3. The zero-order valence-electron chi connectivity index (χ0n) is 9.38. The minimum absolute atomic E-state index is 0.698. The molecule has 19 heavy (non-hydrogen) atoms. The Morgan fingerprint density at radius 1 is 0.632 bits per heavy atom. The Labute approximate surface area is 149 Å². The van der Waals surface area contributed by atoms with Crippen LogP contribution < -0.4 is 11.5 Å². The van der Waals surface area contributed by atoms with Gasteiger partial charge in [-0.1, -0.05) is 11.8 Å². The van der Waals surface area contributed by atoms with E-state index in [0.717, 1.165) is 27.7 Å². The first-order valence-corrected chi connectivity index (χ1v) is 9.04. The molecular formula is C12H8Br4N2S. The largest absolute Gasteiger partial charge is 0.397 e. The quantitative estimate of drug-likeness (QED) is 0.464. The van der Waals surface area contributed by atoms with Gasteiger partial charge in [-0.25, -0.2) is 0 Å². The van der Waals surface area contributed by atoms with Gasteiger partial charge < -0.3 is 11.5 Å². The Balaban J connectivity index is 2.36. The van der Waals surface area contributed by atoms with Crippen LogP contribution in [0, 0.1) is 0 Å². The average Bonchev–Trinajstić information content (AvgIpc) is 2.33. The van der Waals surface area contributed by atoms with E-state index in [-0.39, 0.29) is 0 Å². The van der Waals surface area contributed by atoms with Crippen LogP contribution in [0.3, 0.4) is 0 Å². The maximum Gasteiger partial charge on any atom is 0.0603 e. The monoisotopic (exact) mass is 528 g/mol. The van der Waals surface area contributed by atoms with Crippen molar-refractivity contribution in [3.63, 3.8) is 0 Å². The Morgan fingerprint density at radius 3 is 1.16 bits per heavy atom. The van der Waals surface area contributed by atoms with Gasteiger partial charge in [-0.05, 0) is 88.0 Å². The van der Waals surface area contributed by atoms with Gasteiger partial charge >= 0.3 is 0 Å². The van der Waals surface area contributed by atoms with Gasteiger partial charge in [0.15, 0.2) is 0 Å². The number of halogens is 4. The third kappa shape index (κ3) is 3.69. The molecule has 0 aliphatic carbocycles. The van der Waals surface area contributed by atoms with Crippen molar-refractivity contribution in [2.75, 3.05) is 11.5 Å². The fraction of sp³-hybridized carbons (Fsp3) is 0. The third-order valence-electron chi connectivity index (χ3n) is 2.34. The summed E-state index contributed by atoms with van der Waals surface area (Å²) in [4.78, 5) is 2.16. The second-order valence-electron chi connectivity index (χ2n) is 3.70. The Morgan fingerprint density at radius 2 is 0.895 bits per heavy atom. The minimum atomic E-state index is 0.698. The molecule has 0 amide bonds. The highest BCUT2D eigenvalue weighted by Gasteiger charge is 2.08. The van der Waals surface area contributed by atoms with Crippen molar-refractivity contribution in [1.82, 2.24) is 0 Å². The molecule has 0 aliphatic rings. The first-order chi connectivity index (χ1) is 8.88. The molecule has 0 saturated heterocycles. The molecule has 100 valence electrons. The summed E-state index contributed by atoms with van der Waals surface area (Å²) in [6.45, 7) is 0. The topological polar surface area (TPSA) is 52.0 Å². The lowest BCUT2D eigenvalue weighted by Gasteiger charge is -2.09. The predicted molar refractivity (Wildman–Crippen MR) is 96.6 cm³/mol. The van der Waals surface area contributed by atoms with Gasteiger partial charge in [0.25, 0.3) is 0 Å². The molecule has 2 aromatic carbocycles. The minimum Gasteiger partial charge on any atom is -0.397 e.